The van der Waals surface area contributed by atoms with Crippen molar-refractivity contribution in [3.63, 3.8) is 0 Å². The minimum atomic E-state index is 1.22. The number of unbranched alkanes of at least 4 members (excludes halogenated alkanes) is 9. The number of hydrogen-bond donors (Lipinski definition) is 0. The number of rotatable bonds is 12. The van der Waals surface area contributed by atoms with Gasteiger partial charge in [-0.15, -0.1) is 11.3 Å². The molecule has 27 heavy (non-hydrogen) atoms. The molecule has 3 rings (SSSR count). The molecular weight excluding hydrogens is 344 g/mol. The third-order valence-electron chi connectivity index (χ3n) is 5.56. The Morgan fingerprint density at radius 3 is 2.07 bits per heavy atom. The number of hydrogen-bond acceptors (Lipinski definition) is 1. The molecule has 0 radical (unpaired) electrons. The molecule has 0 aliphatic carbocycles. The maximum Gasteiger partial charge on any atom is 0.0374 e. The second kappa shape index (κ2) is 11.3. The van der Waals surface area contributed by atoms with Crippen LogP contribution in [-0.4, -0.2) is 0 Å². The van der Waals surface area contributed by atoms with Crippen molar-refractivity contribution in [1.29, 1.82) is 0 Å². The third-order valence-corrected chi connectivity index (χ3v) is 6.56. The summed E-state index contributed by atoms with van der Waals surface area (Å²) in [4.78, 5) is 1.47. The lowest BCUT2D eigenvalue weighted by atomic mass is 10.0. The van der Waals surface area contributed by atoms with Crippen molar-refractivity contribution in [2.45, 2.75) is 77.6 Å². The first-order valence-electron chi connectivity index (χ1n) is 10.9. The summed E-state index contributed by atoms with van der Waals surface area (Å²) in [6.45, 7) is 2.29. The maximum atomic E-state index is 2.35. The lowest BCUT2D eigenvalue weighted by Crippen LogP contribution is -1.87. The van der Waals surface area contributed by atoms with Crippen LogP contribution in [0.25, 0.3) is 21.2 Å². The molecule has 1 heteroatoms. The van der Waals surface area contributed by atoms with Crippen LogP contribution >= 0.6 is 11.3 Å². The minimum Gasteiger partial charge on any atom is -0.144 e. The highest BCUT2D eigenvalue weighted by atomic mass is 32.1. The molecule has 0 aliphatic heterocycles. The molecule has 0 spiro atoms. The van der Waals surface area contributed by atoms with Crippen LogP contribution < -0.4 is 0 Å². The lowest BCUT2D eigenvalue weighted by molar-refractivity contribution is 0.556. The molecule has 0 saturated heterocycles. The molecule has 0 unspecified atom stereocenters. The quantitative estimate of drug-likeness (QED) is 0.276. The van der Waals surface area contributed by atoms with Gasteiger partial charge >= 0.3 is 0 Å². The summed E-state index contributed by atoms with van der Waals surface area (Å²) >= 11 is 1.89. The Hall–Kier alpha value is -1.60. The number of thiophene rings is 1. The van der Waals surface area contributed by atoms with E-state index in [9.17, 15) is 0 Å². The van der Waals surface area contributed by atoms with Gasteiger partial charge in [-0.1, -0.05) is 101 Å². The van der Waals surface area contributed by atoms with Gasteiger partial charge in [0.15, 0.2) is 0 Å². The first kappa shape index (κ1) is 20.1. The van der Waals surface area contributed by atoms with Gasteiger partial charge in [-0.3, -0.25) is 0 Å². The summed E-state index contributed by atoms with van der Waals surface area (Å²) in [6.07, 6.45) is 15.3. The second-order valence-electron chi connectivity index (χ2n) is 7.77. The molecule has 0 N–H and O–H groups in total. The van der Waals surface area contributed by atoms with E-state index < -0.39 is 0 Å². The van der Waals surface area contributed by atoms with E-state index in [0.29, 0.717) is 0 Å². The van der Waals surface area contributed by atoms with E-state index in [0.717, 1.165) is 0 Å². The van der Waals surface area contributed by atoms with Crippen molar-refractivity contribution >= 4 is 22.1 Å². The Kier molecular flexibility index (Phi) is 8.42. The average Bonchev–Trinajstić information content (AvgIpc) is 3.17. The summed E-state index contributed by atoms with van der Waals surface area (Å²) < 4.78 is 0. The molecule has 1 heterocycles. The predicted octanol–water partition coefficient (Wildman–Crippen LogP) is 9.03. The standard InChI is InChI=1S/C26H34S/c1-2-3-4-5-6-7-8-9-10-11-15-23-19-20-27-26(23)25-18-17-22-14-12-13-16-24(22)21-25/h12-14,16-21H,2-11,15H2,1H3. The normalized spacial score (nSPS) is 11.3. The van der Waals surface area contributed by atoms with Crippen molar-refractivity contribution in [1.82, 2.24) is 0 Å². The zero-order chi connectivity index (χ0) is 18.7. The van der Waals surface area contributed by atoms with Crippen molar-refractivity contribution in [2.24, 2.45) is 0 Å². The molecule has 1 aromatic heterocycles. The Bertz CT molecular complexity index is 799. The van der Waals surface area contributed by atoms with Crippen LogP contribution in [0.2, 0.25) is 0 Å². The van der Waals surface area contributed by atoms with Crippen LogP contribution in [0.3, 0.4) is 0 Å². The van der Waals surface area contributed by atoms with Crippen LogP contribution in [-0.2, 0) is 6.42 Å². The van der Waals surface area contributed by atoms with Crippen LogP contribution in [0.5, 0.6) is 0 Å². The van der Waals surface area contributed by atoms with Gasteiger partial charge in [0.2, 0.25) is 0 Å². The van der Waals surface area contributed by atoms with E-state index in [-0.39, 0.29) is 0 Å². The molecule has 0 saturated carbocycles. The van der Waals surface area contributed by atoms with Crippen LogP contribution in [0.1, 0.15) is 76.7 Å². The number of fused-ring (bicyclic) bond motifs is 1. The summed E-state index contributed by atoms with van der Waals surface area (Å²) in [7, 11) is 0. The molecule has 2 aromatic carbocycles. The molecule has 0 bridgehead atoms. The summed E-state index contributed by atoms with van der Waals surface area (Å²) in [5.74, 6) is 0. The Morgan fingerprint density at radius 1 is 0.667 bits per heavy atom. The van der Waals surface area contributed by atoms with Gasteiger partial charge in [0.1, 0.15) is 0 Å². The summed E-state index contributed by atoms with van der Waals surface area (Å²) in [5.41, 5.74) is 2.92. The van der Waals surface area contributed by atoms with E-state index in [1.165, 1.54) is 97.4 Å². The van der Waals surface area contributed by atoms with Crippen molar-refractivity contribution in [2.75, 3.05) is 0 Å². The first-order valence-corrected chi connectivity index (χ1v) is 11.8. The maximum absolute atomic E-state index is 2.35. The average molecular weight is 379 g/mol. The fraction of sp³-hybridized carbons (Fsp3) is 0.462. The first-order chi connectivity index (χ1) is 13.4. The van der Waals surface area contributed by atoms with Crippen molar-refractivity contribution < 1.29 is 0 Å². The highest BCUT2D eigenvalue weighted by Crippen LogP contribution is 2.32. The van der Waals surface area contributed by atoms with Gasteiger partial charge in [0, 0.05) is 4.88 Å². The predicted molar refractivity (Wildman–Crippen MR) is 123 cm³/mol. The van der Waals surface area contributed by atoms with Crippen LogP contribution in [0.4, 0.5) is 0 Å². The van der Waals surface area contributed by atoms with Crippen LogP contribution in [0, 0.1) is 0 Å². The smallest absolute Gasteiger partial charge is 0.0374 e. The third kappa shape index (κ3) is 6.21. The molecule has 3 aromatic rings. The van der Waals surface area contributed by atoms with Gasteiger partial charge in [-0.25, -0.2) is 0 Å². The summed E-state index contributed by atoms with van der Waals surface area (Å²) in [6, 6.07) is 17.9. The minimum absolute atomic E-state index is 1.22. The zero-order valence-electron chi connectivity index (χ0n) is 16.9. The van der Waals surface area contributed by atoms with Gasteiger partial charge < -0.3 is 0 Å². The topological polar surface area (TPSA) is 0 Å². The largest absolute Gasteiger partial charge is 0.144 e. The molecule has 0 aliphatic rings. The lowest BCUT2D eigenvalue weighted by Gasteiger charge is -2.06. The Morgan fingerprint density at radius 2 is 1.33 bits per heavy atom. The zero-order valence-corrected chi connectivity index (χ0v) is 17.7. The van der Waals surface area contributed by atoms with Crippen molar-refractivity contribution in [3.05, 3.63) is 59.5 Å². The SMILES string of the molecule is CCCCCCCCCCCCc1ccsc1-c1ccc2ccccc2c1. The molecular formula is C26H34S. The molecule has 0 amide bonds. The van der Waals surface area contributed by atoms with Gasteiger partial charge in [-0.05, 0) is 52.3 Å². The molecule has 0 atom stereocenters. The van der Waals surface area contributed by atoms with Crippen molar-refractivity contribution in [3.8, 4) is 10.4 Å². The molecule has 144 valence electrons. The van der Waals surface area contributed by atoms with E-state index in [4.69, 9.17) is 0 Å². The second-order valence-corrected chi connectivity index (χ2v) is 8.68. The van der Waals surface area contributed by atoms with E-state index >= 15 is 0 Å². The van der Waals surface area contributed by atoms with E-state index in [2.05, 4.69) is 60.8 Å². The highest BCUT2D eigenvalue weighted by molar-refractivity contribution is 7.13. The van der Waals surface area contributed by atoms with Gasteiger partial charge in [-0.2, -0.15) is 0 Å². The fourth-order valence-corrected chi connectivity index (χ4v) is 4.87. The summed E-state index contributed by atoms with van der Waals surface area (Å²) in [5, 5.41) is 4.93. The Labute approximate surface area is 169 Å². The molecule has 0 nitrogen and oxygen atoms in total. The van der Waals surface area contributed by atoms with E-state index in [1.54, 1.807) is 0 Å². The number of aryl methyl sites for hydroxylation is 1. The van der Waals surface area contributed by atoms with Gasteiger partial charge in [0.05, 0.1) is 0 Å². The fourth-order valence-electron chi connectivity index (χ4n) is 3.92. The number of benzene rings is 2. The highest BCUT2D eigenvalue weighted by Gasteiger charge is 2.07. The Balaban J connectivity index is 1.42. The van der Waals surface area contributed by atoms with E-state index in [1.807, 2.05) is 11.3 Å². The van der Waals surface area contributed by atoms with Gasteiger partial charge in [0.25, 0.3) is 0 Å². The monoisotopic (exact) mass is 378 g/mol. The van der Waals surface area contributed by atoms with Crippen LogP contribution in [0.15, 0.2) is 53.9 Å². The molecule has 0 fully saturated rings.